The van der Waals surface area contributed by atoms with Crippen LogP contribution in [0.5, 0.6) is 5.75 Å². The average molecular weight is 313 g/mol. The van der Waals surface area contributed by atoms with Crippen LogP contribution in [0.3, 0.4) is 0 Å². The first-order chi connectivity index (χ1) is 9.65. The smallest absolute Gasteiger partial charge is 0.254 e. The summed E-state index contributed by atoms with van der Waals surface area (Å²) in [5.41, 5.74) is 6.42. The second-order valence-corrected chi connectivity index (χ2v) is 5.52. The molecule has 0 aromatic heterocycles. The molecule has 2 N–H and O–H groups in total. The van der Waals surface area contributed by atoms with Crippen molar-refractivity contribution in [1.82, 2.24) is 4.90 Å². The molecule has 1 heterocycles. The predicted molar refractivity (Wildman–Crippen MR) is 87.1 cm³/mol. The largest absolute Gasteiger partial charge is 0.494 e. The fourth-order valence-electron chi connectivity index (χ4n) is 2.70. The van der Waals surface area contributed by atoms with Gasteiger partial charge in [-0.15, -0.1) is 12.4 Å². The number of amides is 1. The Morgan fingerprint density at radius 3 is 2.86 bits per heavy atom. The van der Waals surface area contributed by atoms with Crippen LogP contribution in [0.25, 0.3) is 0 Å². The van der Waals surface area contributed by atoms with Gasteiger partial charge in [-0.05, 0) is 50.4 Å². The lowest BCUT2D eigenvalue weighted by Gasteiger charge is -2.21. The molecule has 0 saturated carbocycles. The van der Waals surface area contributed by atoms with E-state index in [9.17, 15) is 4.79 Å². The summed E-state index contributed by atoms with van der Waals surface area (Å²) in [6.45, 7) is 6.23. The highest BCUT2D eigenvalue weighted by Gasteiger charge is 2.32. The molecule has 5 heteroatoms. The fraction of sp³-hybridized carbons (Fsp3) is 0.562. The van der Waals surface area contributed by atoms with E-state index in [-0.39, 0.29) is 24.4 Å². The Hall–Kier alpha value is -1.26. The minimum Gasteiger partial charge on any atom is -0.494 e. The van der Waals surface area contributed by atoms with Gasteiger partial charge < -0.3 is 15.4 Å². The summed E-state index contributed by atoms with van der Waals surface area (Å²) >= 11 is 0. The summed E-state index contributed by atoms with van der Waals surface area (Å²) in [5, 5.41) is 0. The van der Waals surface area contributed by atoms with Crippen LogP contribution in [-0.4, -0.2) is 36.5 Å². The summed E-state index contributed by atoms with van der Waals surface area (Å²) in [6.07, 6.45) is 1.95. The normalized spacial score (nSPS) is 21.0. The van der Waals surface area contributed by atoms with E-state index in [1.165, 1.54) is 0 Å². The van der Waals surface area contributed by atoms with Crippen LogP contribution < -0.4 is 10.5 Å². The van der Waals surface area contributed by atoms with Crippen LogP contribution in [0.4, 0.5) is 0 Å². The number of halogens is 1. The highest BCUT2D eigenvalue weighted by Crippen LogP contribution is 2.25. The minimum atomic E-state index is 0. The van der Waals surface area contributed by atoms with Crippen LogP contribution in [0.15, 0.2) is 24.3 Å². The summed E-state index contributed by atoms with van der Waals surface area (Å²) in [4.78, 5) is 14.5. The zero-order chi connectivity index (χ0) is 14.5. The van der Waals surface area contributed by atoms with Crippen molar-refractivity contribution < 1.29 is 9.53 Å². The molecule has 1 aliphatic rings. The van der Waals surface area contributed by atoms with Crippen molar-refractivity contribution in [3.8, 4) is 5.75 Å². The van der Waals surface area contributed by atoms with Gasteiger partial charge in [-0.3, -0.25) is 4.79 Å². The zero-order valence-electron chi connectivity index (χ0n) is 12.7. The third-order valence-corrected chi connectivity index (χ3v) is 3.81. The predicted octanol–water partition coefficient (Wildman–Crippen LogP) is 2.71. The number of carbonyl (C=O) groups is 1. The number of hydrogen-bond donors (Lipinski definition) is 1. The number of nitrogens with zero attached hydrogens (tertiary/aromatic N) is 1. The van der Waals surface area contributed by atoms with Gasteiger partial charge in [0, 0.05) is 18.2 Å². The van der Waals surface area contributed by atoms with Crippen molar-refractivity contribution in [2.45, 2.75) is 32.7 Å². The monoisotopic (exact) mass is 312 g/mol. The number of nitrogens with two attached hydrogens (primary N) is 1. The second-order valence-electron chi connectivity index (χ2n) is 5.52. The molecule has 0 aliphatic carbocycles. The van der Waals surface area contributed by atoms with Crippen molar-refractivity contribution in [2.75, 3.05) is 19.7 Å². The maximum absolute atomic E-state index is 12.6. The van der Waals surface area contributed by atoms with Crippen LogP contribution >= 0.6 is 12.4 Å². The molecule has 1 aliphatic heterocycles. The second kappa shape index (κ2) is 8.25. The van der Waals surface area contributed by atoms with E-state index in [0.717, 1.165) is 25.1 Å². The van der Waals surface area contributed by atoms with Gasteiger partial charge in [-0.25, -0.2) is 0 Å². The molecule has 1 saturated heterocycles. The topological polar surface area (TPSA) is 55.6 Å². The van der Waals surface area contributed by atoms with Gasteiger partial charge in [0.15, 0.2) is 0 Å². The lowest BCUT2D eigenvalue weighted by atomic mass is 10.1. The molecule has 0 radical (unpaired) electrons. The Labute approximate surface area is 133 Å². The van der Waals surface area contributed by atoms with Crippen molar-refractivity contribution in [1.29, 1.82) is 0 Å². The average Bonchev–Trinajstić information content (AvgIpc) is 2.86. The Morgan fingerprint density at radius 2 is 2.24 bits per heavy atom. The summed E-state index contributed by atoms with van der Waals surface area (Å²) in [7, 11) is 0. The minimum absolute atomic E-state index is 0. The van der Waals surface area contributed by atoms with E-state index in [4.69, 9.17) is 10.5 Å². The Morgan fingerprint density at radius 1 is 1.48 bits per heavy atom. The number of hydrogen-bond acceptors (Lipinski definition) is 3. The lowest BCUT2D eigenvalue weighted by molar-refractivity contribution is 0.0743. The first-order valence-corrected chi connectivity index (χ1v) is 7.39. The summed E-state index contributed by atoms with van der Waals surface area (Å²) in [5.74, 6) is 1.27. The molecule has 21 heavy (non-hydrogen) atoms. The SMILES string of the molecule is CCCOc1cccc(C(=O)N2CC(CN)CC2C)c1.Cl. The molecule has 0 bridgehead atoms. The van der Waals surface area contributed by atoms with Gasteiger partial charge in [-0.2, -0.15) is 0 Å². The van der Waals surface area contributed by atoms with Crippen LogP contribution in [0, 0.1) is 5.92 Å². The van der Waals surface area contributed by atoms with Crippen molar-refractivity contribution in [2.24, 2.45) is 11.7 Å². The molecule has 2 rings (SSSR count). The third-order valence-electron chi connectivity index (χ3n) is 3.81. The van der Waals surface area contributed by atoms with Crippen molar-refractivity contribution in [3.63, 3.8) is 0 Å². The van der Waals surface area contributed by atoms with Crippen molar-refractivity contribution >= 4 is 18.3 Å². The third kappa shape index (κ3) is 4.35. The van der Waals surface area contributed by atoms with E-state index in [1.54, 1.807) is 0 Å². The fourth-order valence-corrected chi connectivity index (χ4v) is 2.70. The van der Waals surface area contributed by atoms with Gasteiger partial charge in [0.1, 0.15) is 5.75 Å². The lowest BCUT2D eigenvalue weighted by Crippen LogP contribution is -2.34. The Kier molecular flexibility index (Phi) is 6.99. The van der Waals surface area contributed by atoms with Gasteiger partial charge in [-0.1, -0.05) is 13.0 Å². The number of benzene rings is 1. The van der Waals surface area contributed by atoms with Gasteiger partial charge in [0.05, 0.1) is 6.61 Å². The first-order valence-electron chi connectivity index (χ1n) is 7.39. The maximum Gasteiger partial charge on any atom is 0.254 e. The van der Waals surface area contributed by atoms with E-state index in [2.05, 4.69) is 13.8 Å². The summed E-state index contributed by atoms with van der Waals surface area (Å²) in [6, 6.07) is 7.71. The highest BCUT2D eigenvalue weighted by atomic mass is 35.5. The first kappa shape index (κ1) is 17.8. The molecule has 1 aromatic rings. The standard InChI is InChI=1S/C16H24N2O2.ClH/c1-3-7-20-15-6-4-5-14(9-15)16(19)18-11-13(10-17)8-12(18)2;/h4-6,9,12-13H,3,7-8,10-11,17H2,1-2H3;1H. The van der Waals surface area contributed by atoms with Crippen LogP contribution in [0.1, 0.15) is 37.0 Å². The zero-order valence-corrected chi connectivity index (χ0v) is 13.6. The number of likely N-dealkylation sites (tertiary alicyclic amines) is 1. The van der Waals surface area contributed by atoms with Gasteiger partial charge >= 0.3 is 0 Å². The molecule has 2 unspecified atom stereocenters. The number of ether oxygens (including phenoxy) is 1. The molecule has 2 atom stereocenters. The van der Waals surface area contributed by atoms with Gasteiger partial charge in [0.25, 0.3) is 5.91 Å². The molecular formula is C16H25ClN2O2. The van der Waals surface area contributed by atoms with Crippen LogP contribution in [0.2, 0.25) is 0 Å². The van der Waals surface area contributed by atoms with Crippen LogP contribution in [-0.2, 0) is 0 Å². The molecule has 0 spiro atoms. The molecule has 4 nitrogen and oxygen atoms in total. The highest BCUT2D eigenvalue weighted by molar-refractivity contribution is 5.95. The molecule has 118 valence electrons. The van der Waals surface area contributed by atoms with Gasteiger partial charge in [0.2, 0.25) is 0 Å². The quantitative estimate of drug-likeness (QED) is 0.909. The molecule has 1 amide bonds. The van der Waals surface area contributed by atoms with E-state index >= 15 is 0 Å². The Balaban J connectivity index is 0.00000220. The number of rotatable bonds is 5. The van der Waals surface area contributed by atoms with E-state index < -0.39 is 0 Å². The summed E-state index contributed by atoms with van der Waals surface area (Å²) < 4.78 is 5.59. The Bertz CT molecular complexity index is 467. The van der Waals surface area contributed by atoms with E-state index in [1.807, 2.05) is 29.2 Å². The maximum atomic E-state index is 12.6. The molecular weight excluding hydrogens is 288 g/mol. The van der Waals surface area contributed by atoms with E-state index in [0.29, 0.717) is 24.6 Å². The molecule has 1 fully saturated rings. The number of carbonyl (C=O) groups excluding carboxylic acids is 1. The van der Waals surface area contributed by atoms with Crippen molar-refractivity contribution in [3.05, 3.63) is 29.8 Å². The molecule has 1 aromatic carbocycles.